The zero-order valence-corrected chi connectivity index (χ0v) is 27.3. The van der Waals surface area contributed by atoms with Gasteiger partial charge in [0.25, 0.3) is 0 Å². The highest BCUT2D eigenvalue weighted by molar-refractivity contribution is 7.20. The van der Waals surface area contributed by atoms with Gasteiger partial charge in [0.15, 0.2) is 0 Å². The molecule has 6 heterocycles. The maximum absolute atomic E-state index is 4.13. The van der Waals surface area contributed by atoms with E-state index in [9.17, 15) is 0 Å². The average molecular weight is 660 g/mol. The number of aromatic amines is 2. The third kappa shape index (κ3) is 1.92. The predicted octanol–water partition coefficient (Wildman–Crippen LogP) is 13.1. The molecule has 2 atom stereocenters. The standard InChI is InChI=1S/C42H17N3S3/c1-4-13-16-10-46-40-25(16)28-31-29-26-17(11-47-41(26)37-34(31)22(13)19(7-1)43-37)14-5-2-9-21-24(14)36-33(29)30-27-18(12-48-42(27)39(36)45-21)15-6-3-8-20-23(15)35(32(28)30)38(40)44-20/h1-12,34,37,43-45H. The summed E-state index contributed by atoms with van der Waals surface area (Å²) in [6, 6.07) is 21.1. The number of aromatic nitrogens is 2. The van der Waals surface area contributed by atoms with Crippen LogP contribution < -0.4 is 5.32 Å². The summed E-state index contributed by atoms with van der Waals surface area (Å²) >= 11 is 5.83. The molecule has 0 saturated carbocycles. The Kier molecular flexibility index (Phi) is 3.09. The van der Waals surface area contributed by atoms with Gasteiger partial charge in [-0.05, 0) is 72.6 Å². The summed E-state index contributed by atoms with van der Waals surface area (Å²) in [7, 11) is 0. The van der Waals surface area contributed by atoms with Gasteiger partial charge in [0.05, 0.1) is 26.5 Å². The fourth-order valence-corrected chi connectivity index (χ4v) is 14.7. The highest BCUT2D eigenvalue weighted by atomic mass is 32.1. The largest absolute Gasteiger partial charge is 0.376 e. The van der Waals surface area contributed by atoms with Gasteiger partial charge in [-0.3, -0.25) is 0 Å². The average Bonchev–Trinajstić information content (AvgIpc) is 3.94. The van der Waals surface area contributed by atoms with Gasteiger partial charge in [0, 0.05) is 97.7 Å². The SMILES string of the molecule is c1cc2c3c(c1)-c1csc4c5[nH]c6cccc7c8csc9c%10[nH]c%11cccc%12c%13csc%14c%13c%13c(c(c14)c(c5c67)c(c89)c%13c%10c%11%12)C3C%14N2. The van der Waals surface area contributed by atoms with Crippen molar-refractivity contribution in [3.8, 4) is 11.1 Å². The lowest BCUT2D eigenvalue weighted by Crippen LogP contribution is -2.16. The van der Waals surface area contributed by atoms with Gasteiger partial charge in [-0.2, -0.15) is 0 Å². The Morgan fingerprint density at radius 1 is 0.458 bits per heavy atom. The van der Waals surface area contributed by atoms with E-state index in [1.54, 1.807) is 5.56 Å². The van der Waals surface area contributed by atoms with Crippen LogP contribution in [0.4, 0.5) is 5.69 Å². The Balaban J connectivity index is 1.44. The topological polar surface area (TPSA) is 43.6 Å². The number of thiophene rings is 3. The highest BCUT2D eigenvalue weighted by Crippen LogP contribution is 2.67. The Morgan fingerprint density at radius 2 is 1.10 bits per heavy atom. The van der Waals surface area contributed by atoms with Crippen molar-refractivity contribution in [2.24, 2.45) is 0 Å². The van der Waals surface area contributed by atoms with Gasteiger partial charge >= 0.3 is 0 Å². The molecular weight excluding hydrogens is 643 g/mol. The van der Waals surface area contributed by atoms with Gasteiger partial charge in [-0.15, -0.1) is 34.0 Å². The van der Waals surface area contributed by atoms with E-state index in [0.717, 1.165) is 0 Å². The minimum Gasteiger partial charge on any atom is -0.376 e. The van der Waals surface area contributed by atoms with Crippen LogP contribution in [0.2, 0.25) is 0 Å². The number of fused-ring (bicyclic) bond motifs is 6. The summed E-state index contributed by atoms with van der Waals surface area (Å²) in [6.07, 6.45) is 0. The number of anilines is 1. The maximum atomic E-state index is 4.13. The number of rotatable bonds is 0. The van der Waals surface area contributed by atoms with Gasteiger partial charge in [-0.1, -0.05) is 36.4 Å². The van der Waals surface area contributed by atoms with E-state index in [2.05, 4.69) is 86.0 Å². The molecule has 6 heteroatoms. The normalized spacial score (nSPS) is 18.2. The molecule has 3 aliphatic rings. The summed E-state index contributed by atoms with van der Waals surface area (Å²) in [6.45, 7) is 0. The second kappa shape index (κ2) is 6.61. The number of H-pyrrole nitrogens is 2. The van der Waals surface area contributed by atoms with Crippen molar-refractivity contribution in [1.82, 2.24) is 9.97 Å². The molecule has 2 aliphatic carbocycles. The van der Waals surface area contributed by atoms with Crippen molar-refractivity contribution in [2.45, 2.75) is 12.0 Å². The fourth-order valence-electron chi connectivity index (χ4n) is 11.4. The van der Waals surface area contributed by atoms with Crippen LogP contribution in [0.1, 0.15) is 28.0 Å². The molecule has 1 aliphatic heterocycles. The Bertz CT molecular complexity index is 3730. The van der Waals surface area contributed by atoms with E-state index >= 15 is 0 Å². The first-order valence-corrected chi connectivity index (χ1v) is 19.3. The number of nitrogens with one attached hydrogen (secondary N) is 3. The molecule has 2 unspecified atom stereocenters. The van der Waals surface area contributed by atoms with Crippen LogP contribution in [0.3, 0.4) is 0 Å². The Hall–Kier alpha value is -5.14. The van der Waals surface area contributed by atoms with E-state index < -0.39 is 0 Å². The van der Waals surface area contributed by atoms with Crippen molar-refractivity contribution in [2.75, 3.05) is 5.32 Å². The summed E-state index contributed by atoms with van der Waals surface area (Å²) in [5.74, 6) is 0.254. The van der Waals surface area contributed by atoms with Crippen molar-refractivity contribution in [3.63, 3.8) is 0 Å². The molecule has 0 radical (unpaired) electrons. The van der Waals surface area contributed by atoms with Crippen LogP contribution in [-0.2, 0) is 0 Å². The number of benzene rings is 6. The summed E-state index contributed by atoms with van der Waals surface area (Å²) in [5, 5.41) is 34.5. The Labute approximate surface area is 281 Å². The maximum Gasteiger partial charge on any atom is 0.0723 e. The first-order valence-electron chi connectivity index (χ1n) is 16.7. The molecule has 0 spiro atoms. The summed E-state index contributed by atoms with van der Waals surface area (Å²) in [4.78, 5) is 9.55. The second-order valence-corrected chi connectivity index (χ2v) is 17.1. The minimum atomic E-state index is 0.222. The molecule has 3 N–H and O–H groups in total. The molecule has 48 heavy (non-hydrogen) atoms. The zero-order valence-electron chi connectivity index (χ0n) is 24.8. The molecule has 3 nitrogen and oxygen atoms in total. The van der Waals surface area contributed by atoms with Crippen LogP contribution >= 0.6 is 34.0 Å². The molecule has 8 aromatic carbocycles. The lowest BCUT2D eigenvalue weighted by molar-refractivity contribution is 0.736. The first kappa shape index (κ1) is 22.4. The summed E-state index contributed by atoms with van der Waals surface area (Å²) in [5.41, 5.74) is 12.3. The van der Waals surface area contributed by atoms with E-state index in [-0.39, 0.29) is 12.0 Å². The van der Waals surface area contributed by atoms with E-state index in [0.29, 0.717) is 0 Å². The number of hydrogen-bond acceptors (Lipinski definition) is 4. The van der Waals surface area contributed by atoms with E-state index in [4.69, 9.17) is 0 Å². The van der Waals surface area contributed by atoms with Crippen LogP contribution in [0.5, 0.6) is 0 Å². The van der Waals surface area contributed by atoms with Crippen molar-refractivity contribution in [3.05, 3.63) is 86.7 Å². The van der Waals surface area contributed by atoms with Crippen molar-refractivity contribution in [1.29, 1.82) is 0 Å². The van der Waals surface area contributed by atoms with Crippen LogP contribution in [0.25, 0.3) is 129 Å². The van der Waals surface area contributed by atoms with Crippen LogP contribution in [0.15, 0.2) is 70.7 Å². The molecule has 0 saturated heterocycles. The van der Waals surface area contributed by atoms with Gasteiger partial charge in [0.1, 0.15) is 0 Å². The molecule has 0 fully saturated rings. The molecular formula is C42H17N3S3. The smallest absolute Gasteiger partial charge is 0.0723 e. The van der Waals surface area contributed by atoms with Gasteiger partial charge in [-0.25, -0.2) is 0 Å². The van der Waals surface area contributed by atoms with E-state index in [1.807, 2.05) is 34.0 Å². The quantitative estimate of drug-likeness (QED) is 0.139. The number of hydrogen-bond donors (Lipinski definition) is 3. The molecule has 5 aromatic heterocycles. The molecule has 16 rings (SSSR count). The Morgan fingerprint density at radius 3 is 1.90 bits per heavy atom. The second-order valence-electron chi connectivity index (χ2n) is 14.5. The molecule has 0 amide bonds. The third-order valence-electron chi connectivity index (χ3n) is 12.8. The zero-order chi connectivity index (χ0) is 30.0. The molecule has 13 aromatic rings. The van der Waals surface area contributed by atoms with Gasteiger partial charge < -0.3 is 15.3 Å². The molecule has 0 bridgehead atoms. The molecule has 218 valence electrons. The van der Waals surface area contributed by atoms with E-state index in [1.165, 1.54) is 145 Å². The van der Waals surface area contributed by atoms with Gasteiger partial charge in [0.2, 0.25) is 0 Å². The predicted molar refractivity (Wildman–Crippen MR) is 209 cm³/mol. The lowest BCUT2D eigenvalue weighted by Gasteiger charge is -2.29. The first-order chi connectivity index (χ1) is 23.8. The minimum absolute atomic E-state index is 0.222. The van der Waals surface area contributed by atoms with Crippen LogP contribution in [-0.4, -0.2) is 9.97 Å². The third-order valence-corrected chi connectivity index (χ3v) is 15.9. The van der Waals surface area contributed by atoms with Crippen LogP contribution in [0, 0.1) is 0 Å². The lowest BCUT2D eigenvalue weighted by atomic mass is 9.75. The van der Waals surface area contributed by atoms with Crippen molar-refractivity contribution >= 4 is 157 Å². The van der Waals surface area contributed by atoms with Crippen molar-refractivity contribution < 1.29 is 0 Å². The summed E-state index contributed by atoms with van der Waals surface area (Å²) < 4.78 is 2.79. The fraction of sp³-hybridized carbons (Fsp3) is 0.0476. The highest BCUT2D eigenvalue weighted by Gasteiger charge is 2.46. The monoisotopic (exact) mass is 659 g/mol.